The molecule has 16 heavy (non-hydrogen) atoms. The lowest BCUT2D eigenvalue weighted by molar-refractivity contribution is -0.139. The van der Waals surface area contributed by atoms with E-state index in [1.165, 1.54) is 0 Å². The van der Waals surface area contributed by atoms with Gasteiger partial charge in [0.1, 0.15) is 6.04 Å². The minimum atomic E-state index is -3.55. The Balaban J connectivity index is 0.00000225. The Morgan fingerprint density at radius 1 is 1.31 bits per heavy atom. The molecular weight excluding hydrogens is 254 g/mol. The predicted molar refractivity (Wildman–Crippen MR) is 62.0 cm³/mol. The van der Waals surface area contributed by atoms with Crippen LogP contribution in [0, 0.1) is 0 Å². The summed E-state index contributed by atoms with van der Waals surface area (Å²) in [6, 6.07) is 6.89. The molecule has 7 heteroatoms. The summed E-state index contributed by atoms with van der Waals surface area (Å²) in [7, 11) is -3.55. The molecule has 0 saturated heterocycles. The molecule has 0 amide bonds. The van der Waals surface area contributed by atoms with Gasteiger partial charge in [-0.2, -0.15) is 4.72 Å². The molecule has 1 aromatic carbocycles. The Morgan fingerprint density at radius 2 is 1.81 bits per heavy atom. The Bertz CT molecular complexity index is 446. The van der Waals surface area contributed by atoms with Crippen LogP contribution in [-0.2, 0) is 14.8 Å². The fourth-order valence-corrected chi connectivity index (χ4v) is 1.79. The molecule has 5 nitrogen and oxygen atoms in total. The molecule has 0 radical (unpaired) electrons. The highest BCUT2D eigenvalue weighted by atomic mass is 35.5. The zero-order valence-corrected chi connectivity index (χ0v) is 10.1. The van der Waals surface area contributed by atoms with Gasteiger partial charge in [0.15, 0.2) is 0 Å². The second kappa shape index (κ2) is 5.83. The molecule has 0 fully saturated rings. The molecule has 0 aliphatic heterocycles. The van der Waals surface area contributed by atoms with Gasteiger partial charge in [-0.15, -0.1) is 12.4 Å². The molecule has 0 aliphatic rings. The molecule has 0 bridgehead atoms. The monoisotopic (exact) mass is 265 g/mol. The zero-order valence-electron chi connectivity index (χ0n) is 8.45. The Morgan fingerprint density at radius 3 is 2.19 bits per heavy atom. The normalized spacial score (nSPS) is 12.6. The van der Waals surface area contributed by atoms with Crippen molar-refractivity contribution in [1.82, 2.24) is 4.72 Å². The van der Waals surface area contributed by atoms with E-state index in [-0.39, 0.29) is 12.4 Å². The summed E-state index contributed by atoms with van der Waals surface area (Å²) in [5.74, 6) is -1.23. The number of nitrogens with one attached hydrogen (secondary N) is 1. The highest BCUT2D eigenvalue weighted by Crippen LogP contribution is 2.13. The average molecular weight is 266 g/mol. The van der Waals surface area contributed by atoms with E-state index in [0.29, 0.717) is 5.56 Å². The molecule has 0 saturated carbocycles. The number of sulfonamides is 1. The number of benzene rings is 1. The molecule has 90 valence electrons. The first-order valence-electron chi connectivity index (χ1n) is 4.15. The SMILES string of the molecule is CS(=O)(=O)NC(C(=O)O)c1ccccc1.Cl. The molecule has 0 spiro atoms. The van der Waals surface area contributed by atoms with Crippen LogP contribution in [0.4, 0.5) is 0 Å². The number of hydrogen-bond donors (Lipinski definition) is 2. The summed E-state index contributed by atoms with van der Waals surface area (Å²) >= 11 is 0. The zero-order chi connectivity index (χ0) is 11.5. The van der Waals surface area contributed by atoms with Crippen LogP contribution in [-0.4, -0.2) is 25.7 Å². The van der Waals surface area contributed by atoms with E-state index in [1.54, 1.807) is 30.3 Å². The van der Waals surface area contributed by atoms with Crippen molar-refractivity contribution < 1.29 is 18.3 Å². The molecule has 0 aromatic heterocycles. The second-order valence-electron chi connectivity index (χ2n) is 3.07. The van der Waals surface area contributed by atoms with Crippen LogP contribution in [0.25, 0.3) is 0 Å². The lowest BCUT2D eigenvalue weighted by atomic mass is 10.1. The van der Waals surface area contributed by atoms with Crippen molar-refractivity contribution in [2.75, 3.05) is 6.26 Å². The van der Waals surface area contributed by atoms with E-state index >= 15 is 0 Å². The highest BCUT2D eigenvalue weighted by molar-refractivity contribution is 7.88. The van der Waals surface area contributed by atoms with Gasteiger partial charge in [0, 0.05) is 0 Å². The third-order valence-electron chi connectivity index (χ3n) is 1.71. The summed E-state index contributed by atoms with van der Waals surface area (Å²) in [5, 5.41) is 8.86. The van der Waals surface area contributed by atoms with Crippen molar-refractivity contribution in [3.8, 4) is 0 Å². The number of carboxylic acids is 1. The highest BCUT2D eigenvalue weighted by Gasteiger charge is 2.22. The summed E-state index contributed by atoms with van der Waals surface area (Å²) < 4.78 is 23.9. The predicted octanol–water partition coefficient (Wildman–Crippen LogP) is 0.783. The van der Waals surface area contributed by atoms with Gasteiger partial charge in [0.05, 0.1) is 6.26 Å². The number of halogens is 1. The first kappa shape index (κ1) is 14.9. The Labute approximate surface area is 99.9 Å². The molecule has 2 N–H and O–H groups in total. The van der Waals surface area contributed by atoms with Gasteiger partial charge >= 0.3 is 5.97 Å². The van der Waals surface area contributed by atoms with Crippen LogP contribution in [0.15, 0.2) is 30.3 Å². The van der Waals surface area contributed by atoms with Crippen LogP contribution >= 0.6 is 12.4 Å². The van der Waals surface area contributed by atoms with Crippen LogP contribution in [0.1, 0.15) is 11.6 Å². The molecule has 1 aromatic rings. The molecule has 0 heterocycles. The number of hydrogen-bond acceptors (Lipinski definition) is 3. The number of aliphatic carboxylic acids is 1. The van der Waals surface area contributed by atoms with Crippen molar-refractivity contribution in [2.24, 2.45) is 0 Å². The largest absolute Gasteiger partial charge is 0.480 e. The maximum absolute atomic E-state index is 10.9. The Kier molecular flexibility index (Phi) is 5.43. The quantitative estimate of drug-likeness (QED) is 0.843. The number of carboxylic acid groups (broad SMARTS) is 1. The van der Waals surface area contributed by atoms with Crippen molar-refractivity contribution in [1.29, 1.82) is 0 Å². The minimum Gasteiger partial charge on any atom is -0.480 e. The van der Waals surface area contributed by atoms with Crippen molar-refractivity contribution in [2.45, 2.75) is 6.04 Å². The van der Waals surface area contributed by atoms with Gasteiger partial charge in [0.2, 0.25) is 10.0 Å². The van der Waals surface area contributed by atoms with E-state index in [4.69, 9.17) is 5.11 Å². The number of rotatable bonds is 4. The first-order valence-corrected chi connectivity index (χ1v) is 6.04. The van der Waals surface area contributed by atoms with Gasteiger partial charge in [-0.1, -0.05) is 30.3 Å². The van der Waals surface area contributed by atoms with Crippen LogP contribution < -0.4 is 4.72 Å². The maximum atomic E-state index is 10.9. The molecule has 1 unspecified atom stereocenters. The lowest BCUT2D eigenvalue weighted by Crippen LogP contribution is -2.32. The van der Waals surface area contributed by atoms with E-state index in [0.717, 1.165) is 6.26 Å². The van der Waals surface area contributed by atoms with E-state index in [2.05, 4.69) is 0 Å². The molecule has 1 atom stereocenters. The summed E-state index contributed by atoms with van der Waals surface area (Å²) in [6.07, 6.45) is 0.922. The first-order chi connectivity index (χ1) is 6.90. The third kappa shape index (κ3) is 4.61. The third-order valence-corrected chi connectivity index (χ3v) is 2.38. The van der Waals surface area contributed by atoms with Gasteiger partial charge in [0.25, 0.3) is 0 Å². The fraction of sp³-hybridized carbons (Fsp3) is 0.222. The minimum absolute atomic E-state index is 0. The van der Waals surface area contributed by atoms with Crippen LogP contribution in [0.2, 0.25) is 0 Å². The molecule has 1 rings (SSSR count). The average Bonchev–Trinajstić information content (AvgIpc) is 2.14. The van der Waals surface area contributed by atoms with E-state index in [1.807, 2.05) is 4.72 Å². The van der Waals surface area contributed by atoms with Crippen molar-refractivity contribution >= 4 is 28.4 Å². The molecule has 0 aliphatic carbocycles. The second-order valence-corrected chi connectivity index (χ2v) is 4.85. The van der Waals surface area contributed by atoms with E-state index in [9.17, 15) is 13.2 Å². The maximum Gasteiger partial charge on any atom is 0.326 e. The van der Waals surface area contributed by atoms with Gasteiger partial charge < -0.3 is 5.11 Å². The van der Waals surface area contributed by atoms with Crippen molar-refractivity contribution in [3.05, 3.63) is 35.9 Å². The standard InChI is InChI=1S/C9H11NO4S.ClH/c1-15(13,14)10-8(9(11)12)7-5-3-2-4-6-7;/h2-6,8,10H,1H3,(H,11,12);1H. The lowest BCUT2D eigenvalue weighted by Gasteiger charge is -2.12. The van der Waals surface area contributed by atoms with Crippen molar-refractivity contribution in [3.63, 3.8) is 0 Å². The van der Waals surface area contributed by atoms with E-state index < -0.39 is 22.0 Å². The summed E-state index contributed by atoms with van der Waals surface area (Å²) in [5.41, 5.74) is 0.399. The van der Waals surface area contributed by atoms with Gasteiger partial charge in [-0.3, -0.25) is 4.79 Å². The smallest absolute Gasteiger partial charge is 0.326 e. The van der Waals surface area contributed by atoms with Crippen LogP contribution in [0.3, 0.4) is 0 Å². The van der Waals surface area contributed by atoms with Gasteiger partial charge in [-0.25, -0.2) is 8.42 Å². The van der Waals surface area contributed by atoms with Crippen LogP contribution in [0.5, 0.6) is 0 Å². The number of carbonyl (C=O) groups is 1. The topological polar surface area (TPSA) is 83.5 Å². The molecular formula is C9H12ClNO4S. The Hall–Kier alpha value is -1.11. The fourth-order valence-electron chi connectivity index (χ4n) is 1.12. The summed E-state index contributed by atoms with van der Waals surface area (Å²) in [4.78, 5) is 10.9. The van der Waals surface area contributed by atoms with Gasteiger partial charge in [-0.05, 0) is 5.56 Å². The summed E-state index contributed by atoms with van der Waals surface area (Å²) in [6.45, 7) is 0.